The monoisotopic (exact) mass is 999 g/mol. The minimum Gasteiger partial charge on any atom is -0.367 e. The fourth-order valence-corrected chi connectivity index (χ4v) is 8.98. The molecule has 0 aliphatic heterocycles. The van der Waals surface area contributed by atoms with Gasteiger partial charge < -0.3 is 10.6 Å². The van der Waals surface area contributed by atoms with Gasteiger partial charge in [-0.3, -0.25) is 22.4 Å². The molecular formula is C29H29N9O19S6. The fraction of sp³-hybridized carbons (Fsp3) is 0.241. The number of sulfone groups is 1. The van der Waals surface area contributed by atoms with Gasteiger partial charge in [0.1, 0.15) is 44.1 Å². The number of anilines is 2. The Morgan fingerprint density at radius 2 is 1.49 bits per heavy atom. The van der Waals surface area contributed by atoms with Crippen molar-refractivity contribution in [2.75, 3.05) is 48.4 Å². The summed E-state index contributed by atoms with van der Waals surface area (Å²) in [7, 11) is -23.9. The normalized spacial score (nSPS) is 12.9. The van der Waals surface area contributed by atoms with Crippen LogP contribution in [0, 0.1) is 18.3 Å². The summed E-state index contributed by atoms with van der Waals surface area (Å²) in [6, 6.07) is 8.76. The molecular weight excluding hydrogens is 971 g/mol. The number of aromatic nitrogens is 4. The van der Waals surface area contributed by atoms with Crippen LogP contribution in [0.1, 0.15) is 11.1 Å². The molecule has 0 aliphatic rings. The van der Waals surface area contributed by atoms with Crippen LogP contribution in [0.5, 0.6) is 0 Å². The summed E-state index contributed by atoms with van der Waals surface area (Å²) in [6.07, 6.45) is 0. The van der Waals surface area contributed by atoms with Gasteiger partial charge in [-0.1, -0.05) is 11.1 Å². The van der Waals surface area contributed by atoms with Gasteiger partial charge in [0.05, 0.1) is 40.9 Å². The number of benzene rings is 3. The second-order valence-electron chi connectivity index (χ2n) is 12.3. The Labute approximate surface area is 360 Å². The van der Waals surface area contributed by atoms with E-state index in [-0.39, 0.29) is 81.4 Å². The van der Waals surface area contributed by atoms with E-state index < -0.39 is 95.7 Å². The molecule has 0 bridgehead atoms. The first-order valence-corrected chi connectivity index (χ1v) is 24.8. The first-order chi connectivity index (χ1) is 29.3. The van der Waals surface area contributed by atoms with Crippen LogP contribution >= 0.6 is 12.3 Å². The second kappa shape index (κ2) is 19.3. The molecule has 3 aromatic carbocycles. The third-order valence-electron chi connectivity index (χ3n) is 8.15. The van der Waals surface area contributed by atoms with E-state index in [9.17, 15) is 61.0 Å². The molecule has 0 saturated carbocycles. The van der Waals surface area contributed by atoms with E-state index in [1.165, 1.54) is 25.1 Å². The van der Waals surface area contributed by atoms with Crippen LogP contribution in [0.3, 0.4) is 0 Å². The highest BCUT2D eigenvalue weighted by molar-refractivity contribution is 7.91. The third kappa shape index (κ3) is 12.5. The Morgan fingerprint density at radius 3 is 2.13 bits per heavy atom. The minimum atomic E-state index is -5.17. The van der Waals surface area contributed by atoms with E-state index in [2.05, 4.69) is 49.6 Å². The van der Waals surface area contributed by atoms with Crippen molar-refractivity contribution in [1.82, 2.24) is 20.0 Å². The first-order valence-electron chi connectivity index (χ1n) is 16.7. The molecule has 0 unspecified atom stereocenters. The van der Waals surface area contributed by atoms with Crippen LogP contribution in [-0.4, -0.2) is 123 Å². The topological polar surface area (TPSA) is 425 Å². The Balaban J connectivity index is 1.55. The molecule has 63 heavy (non-hydrogen) atoms. The molecule has 5 rings (SSSR count). The number of fused-ring (bicyclic) bond motifs is 3. The quantitative estimate of drug-likeness (QED) is 0.0138. The lowest BCUT2D eigenvalue weighted by atomic mass is 10.1. The van der Waals surface area contributed by atoms with E-state index in [0.29, 0.717) is 6.07 Å². The standard InChI is InChI=1S/C29H29N9O19S6/c1-16-21(15-30)28(31-6-8-55-63(51,52)53)33-29(32-7-10-59(40,41)11-9-54-58-57-56-39)26(16)35-34-22-4-2-17(12-25(22)62(48,49)50)38-36-23-5-3-19-20(27(23)37-38)13-18(60(42,43)44)14-24(19)61(45,46)47/h2-5,12-14,39H,6-11H2,1H3,(H2,31,32,33)(H,42,43,44)(H,45,46,47)(H,48,49,50)(H,51,52,53). The number of rotatable bonds is 21. The molecule has 5 aromatic rings. The molecule has 0 spiro atoms. The lowest BCUT2D eigenvalue weighted by molar-refractivity contribution is -0.434. The van der Waals surface area contributed by atoms with Gasteiger partial charge >= 0.3 is 10.4 Å². The predicted octanol–water partition coefficient (Wildman–Crippen LogP) is 2.36. The van der Waals surface area contributed by atoms with Gasteiger partial charge in [-0.2, -0.15) is 43.7 Å². The number of nitrogens with one attached hydrogen (secondary N) is 2. The van der Waals surface area contributed by atoms with Gasteiger partial charge in [0.15, 0.2) is 28.0 Å². The third-order valence-corrected chi connectivity index (χ3v) is 13.2. The molecule has 0 amide bonds. The lowest BCUT2D eigenvalue weighted by Gasteiger charge is -2.15. The zero-order valence-electron chi connectivity index (χ0n) is 31.3. The summed E-state index contributed by atoms with van der Waals surface area (Å²) in [6.45, 7) is -0.361. The van der Waals surface area contributed by atoms with Gasteiger partial charge in [0.25, 0.3) is 30.4 Å². The highest BCUT2D eigenvalue weighted by atomic mass is 32.3. The molecule has 0 atom stereocenters. The first kappa shape index (κ1) is 48.9. The number of pyridine rings is 1. The zero-order valence-corrected chi connectivity index (χ0v) is 36.2. The number of nitrogens with zero attached hydrogens (tertiary/aromatic N) is 7. The van der Waals surface area contributed by atoms with Crippen molar-refractivity contribution in [3.05, 3.63) is 53.6 Å². The Bertz CT molecular complexity index is 3230. The van der Waals surface area contributed by atoms with Gasteiger partial charge in [0.2, 0.25) is 0 Å². The summed E-state index contributed by atoms with van der Waals surface area (Å²) in [5, 5.41) is 42.8. The Morgan fingerprint density at radius 1 is 0.794 bits per heavy atom. The van der Waals surface area contributed by atoms with Crippen molar-refractivity contribution >= 4 is 108 Å². The molecule has 2 aromatic heterocycles. The average molecular weight is 1000 g/mol. The Kier molecular flexibility index (Phi) is 15.0. The van der Waals surface area contributed by atoms with Crippen LogP contribution in [0.2, 0.25) is 0 Å². The van der Waals surface area contributed by atoms with Crippen LogP contribution in [0.25, 0.3) is 27.5 Å². The van der Waals surface area contributed by atoms with Crippen LogP contribution in [0.15, 0.2) is 67.4 Å². The van der Waals surface area contributed by atoms with Gasteiger partial charge in [-0.25, -0.2) is 22.8 Å². The van der Waals surface area contributed by atoms with Crippen molar-refractivity contribution in [2.45, 2.75) is 21.6 Å². The number of hydrogen-bond donors (Lipinski definition) is 7. The van der Waals surface area contributed by atoms with Crippen molar-refractivity contribution in [3.63, 3.8) is 0 Å². The van der Waals surface area contributed by atoms with Crippen molar-refractivity contribution in [3.8, 4) is 11.8 Å². The number of azo groups is 1. The maximum absolute atomic E-state index is 12.7. The van der Waals surface area contributed by atoms with Gasteiger partial charge in [-0.05, 0) is 43.3 Å². The fourth-order valence-electron chi connectivity index (χ4n) is 5.43. The summed E-state index contributed by atoms with van der Waals surface area (Å²) in [4.78, 5) is 2.38. The van der Waals surface area contributed by atoms with E-state index in [0.717, 1.165) is 23.0 Å². The largest absolute Gasteiger partial charge is 0.397 e. The highest BCUT2D eigenvalue weighted by Gasteiger charge is 2.25. The smallest absolute Gasteiger partial charge is 0.367 e. The molecule has 34 heteroatoms. The van der Waals surface area contributed by atoms with Crippen molar-refractivity contribution < 1.29 is 83.3 Å². The number of nitriles is 1. The molecule has 0 radical (unpaired) electrons. The van der Waals surface area contributed by atoms with Crippen LogP contribution < -0.4 is 10.6 Å². The molecule has 28 nitrogen and oxygen atoms in total. The van der Waals surface area contributed by atoms with E-state index in [4.69, 9.17) is 14.0 Å². The van der Waals surface area contributed by atoms with E-state index >= 15 is 0 Å². The van der Waals surface area contributed by atoms with Crippen LogP contribution in [-0.2, 0) is 68.3 Å². The molecule has 0 saturated heterocycles. The Hall–Kier alpha value is -5.10. The van der Waals surface area contributed by atoms with Gasteiger partial charge in [0, 0.05) is 29.4 Å². The van der Waals surface area contributed by atoms with Crippen molar-refractivity contribution in [1.29, 1.82) is 5.26 Å². The molecule has 0 aliphatic carbocycles. The number of hydrogen-bond acceptors (Lipinski definition) is 24. The summed E-state index contributed by atoms with van der Waals surface area (Å²) in [5.41, 5.74) is -1.35. The maximum atomic E-state index is 12.7. The van der Waals surface area contributed by atoms with Gasteiger partial charge in [-0.15, -0.1) is 24.8 Å². The van der Waals surface area contributed by atoms with E-state index in [1.807, 2.05) is 6.07 Å². The molecule has 7 N–H and O–H groups in total. The predicted molar refractivity (Wildman–Crippen MR) is 215 cm³/mol. The maximum Gasteiger partial charge on any atom is 0.397 e. The SMILES string of the molecule is Cc1c(C#N)c(NCCOS(=O)(=O)O)nc(NCCS(=O)(=O)CCOSOOO)c1N=Nc1ccc(-n2nc3ccc4c(S(=O)(=O)O)cc(S(=O)(=O)O)cc4c3n2)cc1S(=O)(=O)O. The highest BCUT2D eigenvalue weighted by Crippen LogP contribution is 2.37. The van der Waals surface area contributed by atoms with Crippen molar-refractivity contribution in [2.24, 2.45) is 10.2 Å². The second-order valence-corrected chi connectivity index (χ2v) is 20.4. The minimum absolute atomic E-state index is 0.00956. The average Bonchev–Trinajstić information content (AvgIpc) is 3.62. The summed E-state index contributed by atoms with van der Waals surface area (Å²) in [5.74, 6) is -1.52. The summed E-state index contributed by atoms with van der Waals surface area (Å²) < 4.78 is 172. The molecule has 0 fully saturated rings. The zero-order chi connectivity index (χ0) is 46.5. The molecule has 340 valence electrons. The van der Waals surface area contributed by atoms with E-state index in [1.54, 1.807) is 0 Å². The summed E-state index contributed by atoms with van der Waals surface area (Å²) >= 11 is 0.158. The molecule has 2 heterocycles. The van der Waals surface area contributed by atoms with Crippen LogP contribution in [0.4, 0.5) is 23.0 Å². The lowest BCUT2D eigenvalue weighted by Crippen LogP contribution is -2.21.